The number of nitrogens with zero attached hydrogens (tertiary/aromatic N) is 1. The summed E-state index contributed by atoms with van der Waals surface area (Å²) in [6.45, 7) is 7.02. The number of sulfonamides is 1. The Morgan fingerprint density at radius 1 is 0.875 bits per heavy atom. The van der Waals surface area contributed by atoms with Gasteiger partial charge in [0.1, 0.15) is 0 Å². The number of nitrogens with one attached hydrogen (secondary N) is 2. The molecule has 0 radical (unpaired) electrons. The predicted molar refractivity (Wildman–Crippen MR) is 120 cm³/mol. The van der Waals surface area contributed by atoms with Crippen molar-refractivity contribution in [1.82, 2.24) is 15.2 Å². The van der Waals surface area contributed by atoms with Crippen LogP contribution in [0.2, 0.25) is 0 Å². The first-order chi connectivity index (χ1) is 15.0. The lowest BCUT2D eigenvalue weighted by atomic mass is 9.86. The summed E-state index contributed by atoms with van der Waals surface area (Å²) in [6, 6.07) is 12.3. The SMILES string of the molecule is CC(C)(C)c1ccc(C(=O)C(=O)NNC(=O)c2cccc(S(=O)(=O)N3CCCC3)c2)cc1. The normalized spacial score (nSPS) is 14.7. The number of ketones is 1. The fourth-order valence-corrected chi connectivity index (χ4v) is 4.93. The molecular formula is C23H27N3O5S. The topological polar surface area (TPSA) is 113 Å². The van der Waals surface area contributed by atoms with Crippen LogP contribution < -0.4 is 10.9 Å². The van der Waals surface area contributed by atoms with E-state index >= 15 is 0 Å². The number of hydrazine groups is 1. The molecule has 2 amide bonds. The lowest BCUT2D eigenvalue weighted by Crippen LogP contribution is -2.45. The number of hydrogen-bond donors (Lipinski definition) is 2. The van der Waals surface area contributed by atoms with Crippen LogP contribution in [0.25, 0.3) is 0 Å². The van der Waals surface area contributed by atoms with Crippen molar-refractivity contribution in [2.45, 2.75) is 43.9 Å². The number of benzene rings is 2. The maximum Gasteiger partial charge on any atom is 0.310 e. The second-order valence-electron chi connectivity index (χ2n) is 8.70. The summed E-state index contributed by atoms with van der Waals surface area (Å²) in [7, 11) is -3.68. The summed E-state index contributed by atoms with van der Waals surface area (Å²) in [5.74, 6) is -2.52. The molecule has 1 aliphatic rings. The highest BCUT2D eigenvalue weighted by molar-refractivity contribution is 7.89. The third-order valence-corrected chi connectivity index (χ3v) is 7.20. The Hall–Kier alpha value is -3.04. The van der Waals surface area contributed by atoms with Gasteiger partial charge in [-0.3, -0.25) is 25.2 Å². The van der Waals surface area contributed by atoms with Crippen molar-refractivity contribution >= 4 is 27.6 Å². The van der Waals surface area contributed by atoms with Gasteiger partial charge >= 0.3 is 5.91 Å². The number of carbonyl (C=O) groups is 3. The molecule has 0 spiro atoms. The second kappa shape index (κ2) is 9.22. The van der Waals surface area contributed by atoms with Gasteiger partial charge in [-0.2, -0.15) is 4.31 Å². The van der Waals surface area contributed by atoms with Crippen molar-refractivity contribution in [2.75, 3.05) is 13.1 Å². The van der Waals surface area contributed by atoms with Crippen LogP contribution in [0.4, 0.5) is 0 Å². The smallest absolute Gasteiger partial charge is 0.283 e. The lowest BCUT2D eigenvalue weighted by molar-refractivity contribution is -0.117. The van der Waals surface area contributed by atoms with Gasteiger partial charge in [0, 0.05) is 24.2 Å². The Morgan fingerprint density at radius 2 is 1.50 bits per heavy atom. The molecule has 0 unspecified atom stereocenters. The Kier molecular flexibility index (Phi) is 6.80. The first-order valence-electron chi connectivity index (χ1n) is 10.4. The van der Waals surface area contributed by atoms with Gasteiger partial charge in [0.25, 0.3) is 11.7 Å². The first-order valence-corrected chi connectivity index (χ1v) is 11.8. The molecule has 8 nitrogen and oxygen atoms in total. The number of carbonyl (C=O) groups excluding carboxylic acids is 3. The van der Waals surface area contributed by atoms with Crippen LogP contribution in [0, 0.1) is 0 Å². The highest BCUT2D eigenvalue weighted by Crippen LogP contribution is 2.23. The van der Waals surface area contributed by atoms with Gasteiger partial charge in [0.2, 0.25) is 10.0 Å². The van der Waals surface area contributed by atoms with Crippen LogP contribution in [-0.4, -0.2) is 43.4 Å². The van der Waals surface area contributed by atoms with E-state index in [4.69, 9.17) is 0 Å². The Labute approximate surface area is 188 Å². The molecule has 2 N–H and O–H groups in total. The molecule has 170 valence electrons. The molecule has 1 fully saturated rings. The van der Waals surface area contributed by atoms with Gasteiger partial charge in [-0.05, 0) is 42.0 Å². The molecule has 0 aromatic heterocycles. The van der Waals surface area contributed by atoms with Crippen LogP contribution in [0.15, 0.2) is 53.4 Å². The fourth-order valence-electron chi connectivity index (χ4n) is 3.37. The van der Waals surface area contributed by atoms with Gasteiger partial charge < -0.3 is 0 Å². The van der Waals surface area contributed by atoms with Crippen molar-refractivity contribution in [3.05, 3.63) is 65.2 Å². The standard InChI is InChI=1S/C23H27N3O5S/c1-23(2,3)18-11-9-16(10-12-18)20(27)22(29)25-24-21(28)17-7-6-8-19(15-17)32(30,31)26-13-4-5-14-26/h6-12,15H,4-5,13-14H2,1-3H3,(H,24,28)(H,25,29). The molecule has 2 aromatic rings. The molecule has 0 saturated carbocycles. The summed E-state index contributed by atoms with van der Waals surface area (Å²) < 4.78 is 26.8. The molecule has 9 heteroatoms. The van der Waals surface area contributed by atoms with E-state index in [1.807, 2.05) is 20.8 Å². The average molecular weight is 458 g/mol. The summed E-state index contributed by atoms with van der Waals surface area (Å²) in [5, 5.41) is 0. The minimum absolute atomic E-state index is 0.00777. The molecule has 1 aliphatic heterocycles. The monoisotopic (exact) mass is 457 g/mol. The van der Waals surface area contributed by atoms with E-state index in [2.05, 4.69) is 10.9 Å². The highest BCUT2D eigenvalue weighted by atomic mass is 32.2. The van der Waals surface area contributed by atoms with Crippen LogP contribution in [0.3, 0.4) is 0 Å². The number of hydrogen-bond acceptors (Lipinski definition) is 5. The molecule has 0 aliphatic carbocycles. The fraction of sp³-hybridized carbons (Fsp3) is 0.348. The van der Waals surface area contributed by atoms with Gasteiger partial charge in [-0.1, -0.05) is 51.1 Å². The zero-order valence-corrected chi connectivity index (χ0v) is 19.2. The number of Topliss-reactive ketones (excluding diaryl/α,β-unsaturated/α-hetero) is 1. The lowest BCUT2D eigenvalue weighted by Gasteiger charge is -2.18. The van der Waals surface area contributed by atoms with E-state index in [9.17, 15) is 22.8 Å². The average Bonchev–Trinajstić information content (AvgIpc) is 3.32. The van der Waals surface area contributed by atoms with Crippen LogP contribution in [-0.2, 0) is 20.2 Å². The molecule has 1 heterocycles. The molecule has 2 aromatic carbocycles. The van der Waals surface area contributed by atoms with Gasteiger partial charge in [-0.25, -0.2) is 8.42 Å². The Morgan fingerprint density at radius 3 is 2.09 bits per heavy atom. The van der Waals surface area contributed by atoms with Crippen molar-refractivity contribution in [1.29, 1.82) is 0 Å². The van der Waals surface area contributed by atoms with Gasteiger partial charge in [0.05, 0.1) is 4.90 Å². The molecule has 3 rings (SSSR count). The minimum Gasteiger partial charge on any atom is -0.283 e. The van der Waals surface area contributed by atoms with E-state index in [1.165, 1.54) is 28.6 Å². The molecule has 1 saturated heterocycles. The summed E-state index contributed by atoms with van der Waals surface area (Å²) >= 11 is 0. The predicted octanol–water partition coefficient (Wildman–Crippen LogP) is 2.41. The summed E-state index contributed by atoms with van der Waals surface area (Å²) in [4.78, 5) is 36.9. The van der Waals surface area contributed by atoms with Crippen LogP contribution in [0.1, 0.15) is 59.9 Å². The molecule has 32 heavy (non-hydrogen) atoms. The first kappa shape index (κ1) is 23.6. The zero-order valence-electron chi connectivity index (χ0n) is 18.3. The highest BCUT2D eigenvalue weighted by Gasteiger charge is 2.27. The molecular weight excluding hydrogens is 430 g/mol. The molecule has 0 bridgehead atoms. The van der Waals surface area contributed by atoms with E-state index in [0.29, 0.717) is 13.1 Å². The van der Waals surface area contributed by atoms with Crippen molar-refractivity contribution < 1.29 is 22.8 Å². The maximum absolute atomic E-state index is 12.7. The zero-order chi connectivity index (χ0) is 23.5. The third-order valence-electron chi connectivity index (χ3n) is 5.31. The largest absolute Gasteiger partial charge is 0.310 e. The van der Waals surface area contributed by atoms with Crippen LogP contribution in [0.5, 0.6) is 0 Å². The van der Waals surface area contributed by atoms with Crippen molar-refractivity contribution in [2.24, 2.45) is 0 Å². The van der Waals surface area contributed by atoms with E-state index in [0.717, 1.165) is 18.4 Å². The van der Waals surface area contributed by atoms with Crippen molar-refractivity contribution in [3.63, 3.8) is 0 Å². The van der Waals surface area contributed by atoms with Crippen molar-refractivity contribution in [3.8, 4) is 0 Å². The summed E-state index contributed by atoms with van der Waals surface area (Å²) in [6.07, 6.45) is 1.61. The number of rotatable bonds is 5. The minimum atomic E-state index is -3.68. The van der Waals surface area contributed by atoms with E-state index in [-0.39, 0.29) is 21.4 Å². The number of amides is 2. The maximum atomic E-state index is 12.7. The van der Waals surface area contributed by atoms with E-state index < -0.39 is 27.6 Å². The quantitative estimate of drug-likeness (QED) is 0.407. The van der Waals surface area contributed by atoms with E-state index in [1.54, 1.807) is 24.3 Å². The van der Waals surface area contributed by atoms with Gasteiger partial charge in [0.15, 0.2) is 0 Å². The molecule has 0 atom stereocenters. The Balaban J connectivity index is 1.64. The van der Waals surface area contributed by atoms with Gasteiger partial charge in [-0.15, -0.1) is 0 Å². The Bertz CT molecular complexity index is 1130. The van der Waals surface area contributed by atoms with Crippen LogP contribution >= 0.6 is 0 Å². The third kappa shape index (κ3) is 5.23. The second-order valence-corrected chi connectivity index (χ2v) is 10.6. The summed E-state index contributed by atoms with van der Waals surface area (Å²) in [5.41, 5.74) is 5.43.